The summed E-state index contributed by atoms with van der Waals surface area (Å²) in [5, 5.41) is 2.20. The van der Waals surface area contributed by atoms with Crippen LogP contribution in [0.5, 0.6) is 0 Å². The first-order chi connectivity index (χ1) is 9.25. The van der Waals surface area contributed by atoms with Crippen LogP contribution < -0.4 is 0 Å². The van der Waals surface area contributed by atoms with Crippen LogP contribution in [0.25, 0.3) is 10.8 Å². The molecule has 2 aromatic rings. The molecular formula is C17H19NO. The smallest absolute Gasteiger partial charge is 0.254 e. The first-order valence-electron chi connectivity index (χ1n) is 7.03. The maximum Gasteiger partial charge on any atom is 0.254 e. The lowest BCUT2D eigenvalue weighted by atomic mass is 9.98. The van der Waals surface area contributed by atoms with Crippen molar-refractivity contribution in [2.24, 2.45) is 5.92 Å². The first-order valence-corrected chi connectivity index (χ1v) is 7.03. The van der Waals surface area contributed by atoms with Crippen molar-refractivity contribution in [1.82, 2.24) is 4.90 Å². The van der Waals surface area contributed by atoms with E-state index in [0.29, 0.717) is 5.92 Å². The Balaban J connectivity index is 1.97. The molecule has 19 heavy (non-hydrogen) atoms. The Bertz CT molecular complexity index is 600. The lowest BCUT2D eigenvalue weighted by Gasteiger charge is -2.31. The van der Waals surface area contributed by atoms with Crippen molar-refractivity contribution in [2.45, 2.75) is 19.8 Å². The number of likely N-dealkylation sites (tertiary alicyclic amines) is 1. The van der Waals surface area contributed by atoms with Gasteiger partial charge in [0, 0.05) is 18.7 Å². The van der Waals surface area contributed by atoms with Crippen molar-refractivity contribution in [3.8, 4) is 0 Å². The second-order valence-corrected chi connectivity index (χ2v) is 5.53. The number of nitrogens with zero attached hydrogens (tertiary/aromatic N) is 1. The molecular weight excluding hydrogens is 234 g/mol. The summed E-state index contributed by atoms with van der Waals surface area (Å²) in [4.78, 5) is 14.7. The number of fused-ring (bicyclic) bond motifs is 1. The third-order valence-electron chi connectivity index (χ3n) is 3.96. The molecule has 1 fully saturated rings. The zero-order chi connectivity index (χ0) is 13.2. The van der Waals surface area contributed by atoms with Gasteiger partial charge >= 0.3 is 0 Å². The molecule has 1 aliphatic heterocycles. The van der Waals surface area contributed by atoms with Crippen molar-refractivity contribution in [3.63, 3.8) is 0 Å². The van der Waals surface area contributed by atoms with Gasteiger partial charge in [-0.15, -0.1) is 0 Å². The van der Waals surface area contributed by atoms with E-state index in [1.54, 1.807) is 0 Å². The Morgan fingerprint density at radius 2 is 1.95 bits per heavy atom. The van der Waals surface area contributed by atoms with Gasteiger partial charge < -0.3 is 4.90 Å². The molecule has 0 aromatic heterocycles. The molecule has 0 spiro atoms. The molecule has 98 valence electrons. The molecule has 0 N–H and O–H groups in total. The highest BCUT2D eigenvalue weighted by Crippen LogP contribution is 2.23. The molecule has 0 aliphatic carbocycles. The molecule has 1 atom stereocenters. The summed E-state index contributed by atoms with van der Waals surface area (Å²) in [5.41, 5.74) is 0.840. The van der Waals surface area contributed by atoms with Crippen LogP contribution in [0.3, 0.4) is 0 Å². The van der Waals surface area contributed by atoms with Crippen molar-refractivity contribution in [1.29, 1.82) is 0 Å². The topological polar surface area (TPSA) is 20.3 Å². The van der Waals surface area contributed by atoms with E-state index in [0.717, 1.165) is 35.8 Å². The fraction of sp³-hybridized carbons (Fsp3) is 0.353. The normalized spacial score (nSPS) is 19.6. The fourth-order valence-corrected chi connectivity index (χ4v) is 2.96. The van der Waals surface area contributed by atoms with E-state index in [1.165, 1.54) is 6.42 Å². The van der Waals surface area contributed by atoms with Crippen LogP contribution in [0, 0.1) is 5.92 Å². The van der Waals surface area contributed by atoms with Crippen LogP contribution >= 0.6 is 0 Å². The maximum atomic E-state index is 12.7. The highest BCUT2D eigenvalue weighted by molar-refractivity contribution is 6.07. The Morgan fingerprint density at radius 3 is 2.79 bits per heavy atom. The van der Waals surface area contributed by atoms with Crippen LogP contribution in [0.15, 0.2) is 42.5 Å². The molecule has 0 bridgehead atoms. The summed E-state index contributed by atoms with van der Waals surface area (Å²) in [6.07, 6.45) is 2.36. The number of amides is 1. The molecule has 2 nitrogen and oxygen atoms in total. The number of hydrogen-bond donors (Lipinski definition) is 0. The van der Waals surface area contributed by atoms with Gasteiger partial charge in [-0.25, -0.2) is 0 Å². The number of carbonyl (C=O) groups excluding carboxylic acids is 1. The molecule has 1 amide bonds. The van der Waals surface area contributed by atoms with E-state index < -0.39 is 0 Å². The van der Waals surface area contributed by atoms with Crippen LogP contribution in [0.1, 0.15) is 30.1 Å². The predicted octanol–water partition coefficient (Wildman–Crippen LogP) is 3.71. The molecule has 2 heteroatoms. The number of piperidine rings is 1. The third kappa shape index (κ3) is 2.35. The van der Waals surface area contributed by atoms with Gasteiger partial charge in [-0.05, 0) is 35.6 Å². The SMILES string of the molecule is C[C@H]1CCCN(C(=O)c2cccc3ccccc23)C1. The maximum absolute atomic E-state index is 12.7. The Hall–Kier alpha value is -1.83. The molecule has 0 saturated carbocycles. The molecule has 1 saturated heterocycles. The number of carbonyl (C=O) groups is 1. The number of hydrogen-bond acceptors (Lipinski definition) is 1. The van der Waals surface area contributed by atoms with Crippen molar-refractivity contribution in [3.05, 3.63) is 48.0 Å². The van der Waals surface area contributed by atoms with Gasteiger partial charge in [0.1, 0.15) is 0 Å². The fourth-order valence-electron chi connectivity index (χ4n) is 2.96. The minimum absolute atomic E-state index is 0.184. The molecule has 1 heterocycles. The summed E-state index contributed by atoms with van der Waals surface area (Å²) in [6, 6.07) is 14.1. The Morgan fingerprint density at radius 1 is 1.16 bits per heavy atom. The zero-order valence-corrected chi connectivity index (χ0v) is 11.3. The minimum Gasteiger partial charge on any atom is -0.338 e. The number of rotatable bonds is 1. The van der Waals surface area contributed by atoms with Crippen LogP contribution in [0.4, 0.5) is 0 Å². The van der Waals surface area contributed by atoms with Crippen molar-refractivity contribution in [2.75, 3.05) is 13.1 Å². The molecule has 2 aromatic carbocycles. The van der Waals surface area contributed by atoms with E-state index in [-0.39, 0.29) is 5.91 Å². The van der Waals surface area contributed by atoms with Crippen LogP contribution in [-0.2, 0) is 0 Å². The average molecular weight is 253 g/mol. The standard InChI is InChI=1S/C17H19NO/c1-13-6-5-11-18(12-13)17(19)16-10-4-8-14-7-2-3-9-15(14)16/h2-4,7-10,13H,5-6,11-12H2,1H3/t13-/m0/s1. The summed E-state index contributed by atoms with van der Waals surface area (Å²) in [7, 11) is 0. The van der Waals surface area contributed by atoms with Gasteiger partial charge in [0.05, 0.1) is 0 Å². The van der Waals surface area contributed by atoms with Gasteiger partial charge in [-0.1, -0.05) is 43.3 Å². The second-order valence-electron chi connectivity index (χ2n) is 5.53. The minimum atomic E-state index is 0.184. The Labute approximate surface area is 114 Å². The largest absolute Gasteiger partial charge is 0.338 e. The van der Waals surface area contributed by atoms with Crippen LogP contribution in [-0.4, -0.2) is 23.9 Å². The van der Waals surface area contributed by atoms with E-state index in [4.69, 9.17) is 0 Å². The molecule has 0 unspecified atom stereocenters. The molecule has 0 radical (unpaired) electrons. The van der Waals surface area contributed by atoms with Gasteiger partial charge in [0.2, 0.25) is 0 Å². The Kier molecular flexibility index (Phi) is 3.24. The molecule has 1 aliphatic rings. The van der Waals surface area contributed by atoms with E-state index in [2.05, 4.69) is 19.1 Å². The monoisotopic (exact) mass is 253 g/mol. The summed E-state index contributed by atoms with van der Waals surface area (Å²) < 4.78 is 0. The van der Waals surface area contributed by atoms with E-state index in [9.17, 15) is 4.79 Å². The van der Waals surface area contributed by atoms with Gasteiger partial charge in [0.15, 0.2) is 0 Å². The zero-order valence-electron chi connectivity index (χ0n) is 11.3. The lowest BCUT2D eigenvalue weighted by Crippen LogP contribution is -2.39. The quantitative estimate of drug-likeness (QED) is 0.758. The predicted molar refractivity (Wildman–Crippen MR) is 78.2 cm³/mol. The first kappa shape index (κ1) is 12.2. The lowest BCUT2D eigenvalue weighted by molar-refractivity contribution is 0.0685. The van der Waals surface area contributed by atoms with Crippen molar-refractivity contribution < 1.29 is 4.79 Å². The van der Waals surface area contributed by atoms with Crippen molar-refractivity contribution >= 4 is 16.7 Å². The highest BCUT2D eigenvalue weighted by atomic mass is 16.2. The third-order valence-corrected chi connectivity index (χ3v) is 3.96. The summed E-state index contributed by atoms with van der Waals surface area (Å²) >= 11 is 0. The highest BCUT2D eigenvalue weighted by Gasteiger charge is 2.22. The number of benzene rings is 2. The average Bonchev–Trinajstić information content (AvgIpc) is 2.46. The van der Waals surface area contributed by atoms with Crippen LogP contribution in [0.2, 0.25) is 0 Å². The molecule has 3 rings (SSSR count). The summed E-state index contributed by atoms with van der Waals surface area (Å²) in [6.45, 7) is 4.01. The second kappa shape index (κ2) is 5.04. The van der Waals surface area contributed by atoms with Gasteiger partial charge in [-0.3, -0.25) is 4.79 Å². The van der Waals surface area contributed by atoms with Gasteiger partial charge in [0.25, 0.3) is 5.91 Å². The van der Waals surface area contributed by atoms with E-state index in [1.807, 2.05) is 35.2 Å². The van der Waals surface area contributed by atoms with E-state index >= 15 is 0 Å². The van der Waals surface area contributed by atoms with Gasteiger partial charge in [-0.2, -0.15) is 0 Å². The summed E-state index contributed by atoms with van der Waals surface area (Å²) in [5.74, 6) is 0.802.